The first-order chi connectivity index (χ1) is 9.34. The van der Waals surface area contributed by atoms with Gasteiger partial charge in [0.25, 0.3) is 0 Å². The molecule has 2 heterocycles. The van der Waals surface area contributed by atoms with E-state index in [-0.39, 0.29) is 0 Å². The molecule has 0 bridgehead atoms. The Balaban J connectivity index is 2.39. The highest BCUT2D eigenvalue weighted by molar-refractivity contribution is 6.17. The van der Waals surface area contributed by atoms with Crippen LogP contribution in [0.3, 0.4) is 0 Å². The molecule has 0 aliphatic carbocycles. The van der Waals surface area contributed by atoms with Crippen LogP contribution >= 0.6 is 0 Å². The minimum atomic E-state index is 0.981. The second-order valence-electron chi connectivity index (χ2n) is 4.72. The van der Waals surface area contributed by atoms with Gasteiger partial charge < -0.3 is 0 Å². The molecule has 3 heteroatoms. The van der Waals surface area contributed by atoms with Crippen LogP contribution in [0, 0.1) is 6.92 Å². The number of hydrogen-bond acceptors (Lipinski definition) is 3. The lowest BCUT2D eigenvalue weighted by Gasteiger charge is -2.08. The number of nitrogens with zero attached hydrogens (tertiary/aromatic N) is 3. The maximum absolute atomic E-state index is 4.56. The van der Waals surface area contributed by atoms with E-state index in [0.717, 1.165) is 32.8 Å². The zero-order valence-electron chi connectivity index (χ0n) is 10.5. The lowest BCUT2D eigenvalue weighted by molar-refractivity contribution is 1.22. The van der Waals surface area contributed by atoms with Crippen LogP contribution < -0.4 is 0 Å². The van der Waals surface area contributed by atoms with Gasteiger partial charge in [0, 0.05) is 28.6 Å². The fourth-order valence-electron chi connectivity index (χ4n) is 2.64. The summed E-state index contributed by atoms with van der Waals surface area (Å²) in [6, 6.07) is 10.4. The van der Waals surface area contributed by atoms with E-state index in [2.05, 4.69) is 46.1 Å². The SMILES string of the molecule is Cc1cc2ncc3ccccc3c2c2ncncc12. The molecule has 19 heavy (non-hydrogen) atoms. The summed E-state index contributed by atoms with van der Waals surface area (Å²) in [4.78, 5) is 13.2. The van der Waals surface area contributed by atoms with E-state index < -0.39 is 0 Å². The summed E-state index contributed by atoms with van der Waals surface area (Å²) in [5.41, 5.74) is 3.13. The molecule has 0 atom stereocenters. The highest BCUT2D eigenvalue weighted by atomic mass is 14.8. The lowest BCUT2D eigenvalue weighted by Crippen LogP contribution is -1.90. The van der Waals surface area contributed by atoms with Crippen molar-refractivity contribution in [2.45, 2.75) is 6.92 Å². The lowest BCUT2D eigenvalue weighted by atomic mass is 10.0. The molecular formula is C16H11N3. The molecule has 2 aromatic heterocycles. The number of pyridine rings is 1. The molecule has 4 rings (SSSR count). The van der Waals surface area contributed by atoms with Gasteiger partial charge in [-0.05, 0) is 23.9 Å². The van der Waals surface area contributed by atoms with Crippen molar-refractivity contribution in [3.05, 3.63) is 54.6 Å². The molecule has 3 nitrogen and oxygen atoms in total. The second-order valence-corrected chi connectivity index (χ2v) is 4.72. The molecule has 0 unspecified atom stereocenters. The Kier molecular flexibility index (Phi) is 2.03. The van der Waals surface area contributed by atoms with E-state index in [1.54, 1.807) is 6.33 Å². The quantitative estimate of drug-likeness (QED) is 0.444. The molecule has 0 saturated heterocycles. The normalized spacial score (nSPS) is 11.4. The van der Waals surface area contributed by atoms with Crippen molar-refractivity contribution in [2.24, 2.45) is 0 Å². The van der Waals surface area contributed by atoms with Crippen molar-refractivity contribution in [1.29, 1.82) is 0 Å². The number of benzene rings is 2. The first-order valence-corrected chi connectivity index (χ1v) is 6.21. The molecule has 0 fully saturated rings. The van der Waals surface area contributed by atoms with Crippen LogP contribution in [0.4, 0.5) is 0 Å². The maximum atomic E-state index is 4.56. The van der Waals surface area contributed by atoms with Crippen molar-refractivity contribution >= 4 is 32.6 Å². The van der Waals surface area contributed by atoms with Gasteiger partial charge in [0.2, 0.25) is 0 Å². The third-order valence-corrected chi connectivity index (χ3v) is 3.56. The Morgan fingerprint density at radius 3 is 2.79 bits per heavy atom. The van der Waals surface area contributed by atoms with Crippen LogP contribution in [0.5, 0.6) is 0 Å². The van der Waals surface area contributed by atoms with Gasteiger partial charge in [-0.15, -0.1) is 0 Å². The van der Waals surface area contributed by atoms with Crippen molar-refractivity contribution in [2.75, 3.05) is 0 Å². The van der Waals surface area contributed by atoms with Crippen molar-refractivity contribution in [1.82, 2.24) is 15.0 Å². The molecule has 0 N–H and O–H groups in total. The largest absolute Gasteiger partial charge is 0.256 e. The Labute approximate surface area is 110 Å². The van der Waals surface area contributed by atoms with E-state index in [9.17, 15) is 0 Å². The fourth-order valence-corrected chi connectivity index (χ4v) is 2.64. The summed E-state index contributed by atoms with van der Waals surface area (Å²) in [7, 11) is 0. The molecule has 0 spiro atoms. The Morgan fingerprint density at radius 2 is 1.84 bits per heavy atom. The van der Waals surface area contributed by atoms with Gasteiger partial charge in [-0.1, -0.05) is 24.3 Å². The first-order valence-electron chi connectivity index (χ1n) is 6.21. The number of aryl methyl sites for hydroxylation is 1. The van der Waals surface area contributed by atoms with E-state index in [0.29, 0.717) is 0 Å². The van der Waals surface area contributed by atoms with Crippen LogP contribution in [0.25, 0.3) is 32.6 Å². The highest BCUT2D eigenvalue weighted by Crippen LogP contribution is 2.30. The van der Waals surface area contributed by atoms with Crippen molar-refractivity contribution in [3.63, 3.8) is 0 Å². The molecule has 2 aromatic carbocycles. The number of fused-ring (bicyclic) bond motifs is 5. The summed E-state index contributed by atoms with van der Waals surface area (Å²) >= 11 is 0. The third-order valence-electron chi connectivity index (χ3n) is 3.56. The number of hydrogen-bond donors (Lipinski definition) is 0. The molecule has 0 amide bonds. The first kappa shape index (κ1) is 10.4. The van der Waals surface area contributed by atoms with E-state index in [1.165, 1.54) is 5.39 Å². The van der Waals surface area contributed by atoms with Crippen molar-refractivity contribution < 1.29 is 0 Å². The number of rotatable bonds is 0. The van der Waals surface area contributed by atoms with Crippen LogP contribution in [0.1, 0.15) is 5.56 Å². The van der Waals surface area contributed by atoms with Crippen LogP contribution in [0.15, 0.2) is 49.1 Å². The van der Waals surface area contributed by atoms with E-state index >= 15 is 0 Å². The summed E-state index contributed by atoms with van der Waals surface area (Å²) in [6.45, 7) is 2.07. The van der Waals surface area contributed by atoms with Crippen LogP contribution in [-0.4, -0.2) is 15.0 Å². The second kappa shape index (κ2) is 3.72. The van der Waals surface area contributed by atoms with Crippen LogP contribution in [-0.2, 0) is 0 Å². The summed E-state index contributed by atoms with van der Waals surface area (Å²) in [5, 5.41) is 4.53. The summed E-state index contributed by atoms with van der Waals surface area (Å²) < 4.78 is 0. The van der Waals surface area contributed by atoms with Gasteiger partial charge in [0.05, 0.1) is 11.0 Å². The monoisotopic (exact) mass is 245 g/mol. The summed E-state index contributed by atoms with van der Waals surface area (Å²) in [6.07, 6.45) is 5.39. The maximum Gasteiger partial charge on any atom is 0.116 e. The molecule has 0 aliphatic heterocycles. The smallest absolute Gasteiger partial charge is 0.116 e. The molecule has 90 valence electrons. The molecular weight excluding hydrogens is 234 g/mol. The Bertz CT molecular complexity index is 929. The highest BCUT2D eigenvalue weighted by Gasteiger charge is 2.09. The van der Waals surface area contributed by atoms with Gasteiger partial charge >= 0.3 is 0 Å². The summed E-state index contributed by atoms with van der Waals surface area (Å²) in [5.74, 6) is 0. The minimum Gasteiger partial charge on any atom is -0.256 e. The molecule has 0 aliphatic rings. The van der Waals surface area contributed by atoms with Gasteiger partial charge in [0.1, 0.15) is 6.33 Å². The average Bonchev–Trinajstić information content (AvgIpc) is 2.47. The third kappa shape index (κ3) is 1.41. The van der Waals surface area contributed by atoms with Gasteiger partial charge in [0.15, 0.2) is 0 Å². The van der Waals surface area contributed by atoms with Crippen LogP contribution in [0.2, 0.25) is 0 Å². The predicted molar refractivity (Wildman–Crippen MR) is 77.1 cm³/mol. The Hall–Kier alpha value is -2.55. The Morgan fingerprint density at radius 1 is 0.947 bits per heavy atom. The van der Waals surface area contributed by atoms with Gasteiger partial charge in [-0.2, -0.15) is 0 Å². The standard InChI is InChI=1S/C16H11N3/c1-10-6-14-15(16-13(10)8-17-9-19-16)12-5-3-2-4-11(12)7-18-14/h2-9H,1H3. The zero-order chi connectivity index (χ0) is 12.8. The fraction of sp³-hybridized carbons (Fsp3) is 0.0625. The van der Waals surface area contributed by atoms with Gasteiger partial charge in [-0.3, -0.25) is 4.98 Å². The van der Waals surface area contributed by atoms with Crippen molar-refractivity contribution in [3.8, 4) is 0 Å². The zero-order valence-corrected chi connectivity index (χ0v) is 10.5. The number of aromatic nitrogens is 3. The van der Waals surface area contributed by atoms with E-state index in [4.69, 9.17) is 0 Å². The molecule has 4 aromatic rings. The molecule has 0 radical (unpaired) electrons. The topological polar surface area (TPSA) is 38.7 Å². The minimum absolute atomic E-state index is 0.981. The average molecular weight is 245 g/mol. The molecule has 0 saturated carbocycles. The van der Waals surface area contributed by atoms with E-state index in [1.807, 2.05) is 18.5 Å². The van der Waals surface area contributed by atoms with Gasteiger partial charge in [-0.25, -0.2) is 9.97 Å². The predicted octanol–water partition coefficient (Wildman–Crippen LogP) is 3.64.